The van der Waals surface area contributed by atoms with Crippen LogP contribution in [0.25, 0.3) is 21.8 Å². The van der Waals surface area contributed by atoms with Crippen LogP contribution < -0.4 is 16.0 Å². The van der Waals surface area contributed by atoms with E-state index in [1.165, 1.54) is 24.5 Å². The number of ether oxygens (including phenoxy) is 1. The van der Waals surface area contributed by atoms with Gasteiger partial charge in [-0.3, -0.25) is 14.4 Å². The fraction of sp³-hybridized carbons (Fsp3) is 0.226. The summed E-state index contributed by atoms with van der Waals surface area (Å²) in [6.07, 6.45) is 4.54. The van der Waals surface area contributed by atoms with E-state index in [1.54, 1.807) is 12.3 Å². The second-order valence-corrected chi connectivity index (χ2v) is 10.0. The first-order chi connectivity index (χ1) is 20.6. The van der Waals surface area contributed by atoms with Gasteiger partial charge < -0.3 is 20.7 Å². The quantitative estimate of drug-likeness (QED) is 0.207. The van der Waals surface area contributed by atoms with E-state index in [1.807, 2.05) is 41.1 Å². The Morgan fingerprint density at radius 3 is 2.79 bits per heavy atom. The molecule has 42 heavy (non-hydrogen) atoms. The molecule has 5 aromatic rings. The van der Waals surface area contributed by atoms with Crippen molar-refractivity contribution in [1.82, 2.24) is 24.6 Å². The van der Waals surface area contributed by atoms with Crippen molar-refractivity contribution in [1.29, 1.82) is 0 Å². The molecule has 214 valence electrons. The summed E-state index contributed by atoms with van der Waals surface area (Å²) in [6, 6.07) is 16.2. The van der Waals surface area contributed by atoms with Crippen molar-refractivity contribution >= 4 is 50.6 Å². The lowest BCUT2D eigenvalue weighted by Gasteiger charge is -2.26. The molecule has 0 aliphatic carbocycles. The van der Waals surface area contributed by atoms with E-state index < -0.39 is 0 Å². The molecule has 2 aromatic heterocycles. The SMILES string of the molecule is C=CC(=O)Nc1cc2c(Nc3ccc4c(cnn4Cc4cccc(F)c4)c3)ncnc2cc1NCCN1CCOCC1. The summed E-state index contributed by atoms with van der Waals surface area (Å²) in [5.74, 6) is 0.0220. The van der Waals surface area contributed by atoms with Gasteiger partial charge in [0.25, 0.3) is 0 Å². The Morgan fingerprint density at radius 1 is 1.07 bits per heavy atom. The first-order valence-electron chi connectivity index (χ1n) is 13.8. The number of fused-ring (bicyclic) bond motifs is 2. The van der Waals surface area contributed by atoms with E-state index in [-0.39, 0.29) is 11.7 Å². The zero-order valence-corrected chi connectivity index (χ0v) is 23.0. The molecule has 1 saturated heterocycles. The van der Waals surface area contributed by atoms with Gasteiger partial charge in [-0.1, -0.05) is 18.7 Å². The summed E-state index contributed by atoms with van der Waals surface area (Å²) < 4.78 is 20.9. The van der Waals surface area contributed by atoms with Crippen LogP contribution in [0, 0.1) is 5.82 Å². The van der Waals surface area contributed by atoms with Crippen LogP contribution in [0.1, 0.15) is 5.56 Å². The molecule has 0 spiro atoms. The molecule has 0 saturated carbocycles. The Kier molecular flexibility index (Phi) is 8.02. The number of nitrogens with zero attached hydrogens (tertiary/aromatic N) is 5. The number of carbonyl (C=O) groups is 1. The number of rotatable bonds is 10. The van der Waals surface area contributed by atoms with Gasteiger partial charge in [-0.2, -0.15) is 5.10 Å². The zero-order chi connectivity index (χ0) is 28.9. The second kappa shape index (κ2) is 12.3. The number of benzene rings is 3. The number of amides is 1. The topological polar surface area (TPSA) is 109 Å². The van der Waals surface area contributed by atoms with Crippen LogP contribution in [0.5, 0.6) is 0 Å². The van der Waals surface area contributed by atoms with Crippen molar-refractivity contribution in [2.24, 2.45) is 0 Å². The normalized spacial score (nSPS) is 13.7. The van der Waals surface area contributed by atoms with E-state index in [9.17, 15) is 9.18 Å². The maximum Gasteiger partial charge on any atom is 0.247 e. The second-order valence-electron chi connectivity index (χ2n) is 10.0. The highest BCUT2D eigenvalue weighted by Crippen LogP contribution is 2.32. The maximum absolute atomic E-state index is 13.7. The Bertz CT molecular complexity index is 1750. The monoisotopic (exact) mass is 566 g/mol. The van der Waals surface area contributed by atoms with Crippen LogP contribution in [-0.4, -0.2) is 69.9 Å². The molecule has 6 rings (SSSR count). The largest absolute Gasteiger partial charge is 0.382 e. The van der Waals surface area contributed by atoms with E-state index in [2.05, 4.69) is 42.5 Å². The van der Waals surface area contributed by atoms with Crippen molar-refractivity contribution in [2.45, 2.75) is 6.54 Å². The lowest BCUT2D eigenvalue weighted by Crippen LogP contribution is -2.39. The highest BCUT2D eigenvalue weighted by atomic mass is 19.1. The third-order valence-electron chi connectivity index (χ3n) is 7.19. The minimum absolute atomic E-state index is 0.268. The highest BCUT2D eigenvalue weighted by molar-refractivity contribution is 6.05. The van der Waals surface area contributed by atoms with Crippen LogP contribution >= 0.6 is 0 Å². The number of hydrogen-bond donors (Lipinski definition) is 3. The molecule has 0 atom stereocenters. The average Bonchev–Trinajstić information content (AvgIpc) is 3.39. The first-order valence-corrected chi connectivity index (χ1v) is 13.8. The lowest BCUT2D eigenvalue weighted by molar-refractivity contribution is -0.111. The third kappa shape index (κ3) is 6.22. The number of carbonyl (C=O) groups excluding carboxylic acids is 1. The summed E-state index contributed by atoms with van der Waals surface area (Å²) in [6.45, 7) is 8.90. The van der Waals surface area contributed by atoms with Crippen LogP contribution in [-0.2, 0) is 16.1 Å². The molecule has 10 nitrogen and oxygen atoms in total. The number of anilines is 4. The van der Waals surface area contributed by atoms with Gasteiger partial charge >= 0.3 is 0 Å². The number of hydrogen-bond acceptors (Lipinski definition) is 8. The minimum atomic E-state index is -0.308. The van der Waals surface area contributed by atoms with E-state index in [0.717, 1.165) is 71.6 Å². The van der Waals surface area contributed by atoms with Gasteiger partial charge in [0.05, 0.1) is 48.4 Å². The lowest BCUT2D eigenvalue weighted by atomic mass is 10.1. The first kappa shape index (κ1) is 27.3. The van der Waals surface area contributed by atoms with Crippen LogP contribution in [0.15, 0.2) is 79.8 Å². The van der Waals surface area contributed by atoms with Gasteiger partial charge in [0.15, 0.2) is 0 Å². The van der Waals surface area contributed by atoms with Gasteiger partial charge in [0.2, 0.25) is 5.91 Å². The maximum atomic E-state index is 13.7. The summed E-state index contributed by atoms with van der Waals surface area (Å²) >= 11 is 0. The Hall–Kier alpha value is -4.87. The molecule has 0 radical (unpaired) electrons. The van der Waals surface area contributed by atoms with Crippen LogP contribution in [0.4, 0.5) is 27.3 Å². The number of halogens is 1. The molecular weight excluding hydrogens is 535 g/mol. The van der Waals surface area contributed by atoms with Crippen LogP contribution in [0.2, 0.25) is 0 Å². The molecule has 0 bridgehead atoms. The van der Waals surface area contributed by atoms with E-state index >= 15 is 0 Å². The minimum Gasteiger partial charge on any atom is -0.382 e. The van der Waals surface area contributed by atoms with Crippen molar-refractivity contribution < 1.29 is 13.9 Å². The fourth-order valence-corrected chi connectivity index (χ4v) is 5.05. The zero-order valence-electron chi connectivity index (χ0n) is 23.0. The van der Waals surface area contributed by atoms with Crippen molar-refractivity contribution in [3.63, 3.8) is 0 Å². The summed E-state index contributed by atoms with van der Waals surface area (Å²) in [5, 5.41) is 15.9. The molecule has 11 heteroatoms. The third-order valence-corrected chi connectivity index (χ3v) is 7.19. The Balaban J connectivity index is 1.24. The standard InChI is InChI=1S/C31H31FN8O2/c1-2-30(41)38-28-16-25-26(17-27(28)33-8-9-39-10-12-42-13-11-39)34-20-35-31(25)37-24-6-7-29-22(15-24)18-36-40(29)19-21-4-3-5-23(32)14-21/h2-7,14-18,20,33H,1,8-13,19H2,(H,38,41)(H,34,35,37). The van der Waals surface area contributed by atoms with Crippen molar-refractivity contribution in [3.8, 4) is 0 Å². The Labute approximate surface area is 242 Å². The molecule has 3 N–H and O–H groups in total. The van der Waals surface area contributed by atoms with Gasteiger partial charge in [-0.15, -0.1) is 0 Å². The van der Waals surface area contributed by atoms with E-state index in [0.29, 0.717) is 24.6 Å². The molecule has 0 unspecified atom stereocenters. The number of aromatic nitrogens is 4. The van der Waals surface area contributed by atoms with Crippen molar-refractivity contribution in [2.75, 3.05) is 55.3 Å². The molecular formula is C31H31FN8O2. The molecule has 3 heterocycles. The smallest absolute Gasteiger partial charge is 0.247 e. The van der Waals surface area contributed by atoms with Gasteiger partial charge in [0, 0.05) is 42.6 Å². The molecule has 3 aromatic carbocycles. The fourth-order valence-electron chi connectivity index (χ4n) is 5.05. The Morgan fingerprint density at radius 2 is 1.95 bits per heavy atom. The number of morpholine rings is 1. The highest BCUT2D eigenvalue weighted by Gasteiger charge is 2.14. The number of nitrogens with one attached hydrogen (secondary N) is 3. The molecule has 1 aliphatic rings. The summed E-state index contributed by atoms with van der Waals surface area (Å²) in [7, 11) is 0. The summed E-state index contributed by atoms with van der Waals surface area (Å²) in [5.41, 5.74) is 4.69. The van der Waals surface area contributed by atoms with Gasteiger partial charge in [-0.25, -0.2) is 14.4 Å². The molecule has 1 fully saturated rings. The van der Waals surface area contributed by atoms with Gasteiger partial charge in [-0.05, 0) is 54.1 Å². The summed E-state index contributed by atoms with van der Waals surface area (Å²) in [4.78, 5) is 23.6. The predicted octanol–water partition coefficient (Wildman–Crippen LogP) is 4.78. The van der Waals surface area contributed by atoms with Crippen LogP contribution in [0.3, 0.4) is 0 Å². The van der Waals surface area contributed by atoms with Crippen molar-refractivity contribution in [3.05, 3.63) is 91.2 Å². The molecule has 1 aliphatic heterocycles. The predicted molar refractivity (Wildman–Crippen MR) is 163 cm³/mol. The average molecular weight is 567 g/mol. The van der Waals surface area contributed by atoms with E-state index in [4.69, 9.17) is 4.74 Å². The molecule has 1 amide bonds. The van der Waals surface area contributed by atoms with Gasteiger partial charge in [0.1, 0.15) is 18.0 Å².